The van der Waals surface area contributed by atoms with Gasteiger partial charge in [0.15, 0.2) is 21.5 Å². The summed E-state index contributed by atoms with van der Waals surface area (Å²) in [6.07, 6.45) is 1.86. The van der Waals surface area contributed by atoms with Gasteiger partial charge in [-0.1, -0.05) is 23.1 Å². The molecule has 7 nitrogen and oxygen atoms in total. The molecule has 128 valence electrons. The molecule has 0 bridgehead atoms. The maximum absolute atomic E-state index is 6.09. The maximum Gasteiger partial charge on any atom is 0.203 e. The molecule has 0 radical (unpaired) electrons. The zero-order valence-electron chi connectivity index (χ0n) is 13.5. The van der Waals surface area contributed by atoms with E-state index in [-0.39, 0.29) is 0 Å². The van der Waals surface area contributed by atoms with Gasteiger partial charge in [-0.05, 0) is 17.5 Å². The normalized spacial score (nSPS) is 19.1. The fourth-order valence-electron chi connectivity index (χ4n) is 2.61. The van der Waals surface area contributed by atoms with Crippen LogP contribution in [0.2, 0.25) is 0 Å². The summed E-state index contributed by atoms with van der Waals surface area (Å²) in [5, 5.41) is 5.74. The molecule has 5 N–H and O–H groups in total. The molecular weight excluding hydrogens is 348 g/mol. The van der Waals surface area contributed by atoms with E-state index in [2.05, 4.69) is 10.3 Å². The van der Waals surface area contributed by atoms with E-state index >= 15 is 0 Å². The van der Waals surface area contributed by atoms with E-state index in [1.807, 2.05) is 23.7 Å². The molecule has 24 heavy (non-hydrogen) atoms. The predicted molar refractivity (Wildman–Crippen MR) is 97.7 cm³/mol. The van der Waals surface area contributed by atoms with Gasteiger partial charge < -0.3 is 31.0 Å². The lowest BCUT2D eigenvalue weighted by Gasteiger charge is -2.29. The summed E-state index contributed by atoms with van der Waals surface area (Å²) < 4.78 is 16.3. The highest BCUT2D eigenvalue weighted by atomic mass is 32.2. The summed E-state index contributed by atoms with van der Waals surface area (Å²) >= 11 is 2.91. The number of aromatic nitrogens is 1. The number of nitrogen functional groups attached to an aromatic ring is 2. The van der Waals surface area contributed by atoms with Crippen molar-refractivity contribution in [2.24, 2.45) is 0 Å². The van der Waals surface area contributed by atoms with E-state index < -0.39 is 4.87 Å². The van der Waals surface area contributed by atoms with Crippen LogP contribution >= 0.6 is 23.1 Å². The topological polar surface area (TPSA) is 105 Å². The first-order chi connectivity index (χ1) is 11.6. The van der Waals surface area contributed by atoms with Gasteiger partial charge in [-0.2, -0.15) is 0 Å². The van der Waals surface area contributed by atoms with Gasteiger partial charge in [-0.25, -0.2) is 4.98 Å². The smallest absolute Gasteiger partial charge is 0.203 e. The summed E-state index contributed by atoms with van der Waals surface area (Å²) in [7, 11) is 4.74. The number of thioether (sulfide) groups is 1. The average Bonchev–Trinajstić information content (AvgIpc) is 3.20. The van der Waals surface area contributed by atoms with E-state index in [1.165, 1.54) is 11.3 Å². The summed E-state index contributed by atoms with van der Waals surface area (Å²) in [4.78, 5) is 4.33. The van der Waals surface area contributed by atoms with Crippen molar-refractivity contribution < 1.29 is 14.2 Å². The Hall–Kier alpha value is -2.26. The van der Waals surface area contributed by atoms with Crippen LogP contribution in [0, 0.1) is 0 Å². The second-order valence-corrected chi connectivity index (χ2v) is 7.08. The number of thiazole rings is 1. The molecule has 0 spiro atoms. The Balaban J connectivity index is 2.22. The van der Waals surface area contributed by atoms with Crippen LogP contribution in [0.1, 0.15) is 10.4 Å². The lowest BCUT2D eigenvalue weighted by Crippen LogP contribution is -2.34. The first-order valence-corrected chi connectivity index (χ1v) is 8.68. The molecule has 1 aliphatic rings. The summed E-state index contributed by atoms with van der Waals surface area (Å²) in [6.45, 7) is 0. The van der Waals surface area contributed by atoms with Crippen molar-refractivity contribution >= 4 is 34.0 Å². The number of nitrogens with two attached hydrogens (primary N) is 2. The van der Waals surface area contributed by atoms with E-state index in [1.54, 1.807) is 33.1 Å². The fraction of sp³-hybridized carbons (Fsp3) is 0.267. The summed E-state index contributed by atoms with van der Waals surface area (Å²) in [5.41, 5.74) is 12.8. The van der Waals surface area contributed by atoms with Gasteiger partial charge in [0.1, 0.15) is 5.82 Å². The summed E-state index contributed by atoms with van der Waals surface area (Å²) in [6, 6.07) is 3.79. The van der Waals surface area contributed by atoms with Crippen LogP contribution in [0.25, 0.3) is 0 Å². The molecule has 0 amide bonds. The van der Waals surface area contributed by atoms with E-state index in [0.717, 1.165) is 10.4 Å². The highest BCUT2D eigenvalue weighted by Gasteiger charge is 2.41. The number of anilines is 2. The minimum atomic E-state index is -0.647. The van der Waals surface area contributed by atoms with Gasteiger partial charge in [0, 0.05) is 11.8 Å². The third kappa shape index (κ3) is 2.49. The first-order valence-electron chi connectivity index (χ1n) is 6.99. The van der Waals surface area contributed by atoms with Gasteiger partial charge in [-0.3, -0.25) is 0 Å². The number of methoxy groups -OCH3 is 3. The molecule has 1 aromatic carbocycles. The number of hydrogen-bond acceptors (Lipinski definition) is 9. The van der Waals surface area contributed by atoms with Crippen molar-refractivity contribution in [3.05, 3.63) is 34.2 Å². The molecule has 0 fully saturated rings. The molecule has 1 atom stereocenters. The van der Waals surface area contributed by atoms with Crippen LogP contribution in [0.3, 0.4) is 0 Å². The predicted octanol–water partition coefficient (Wildman–Crippen LogP) is 2.34. The Morgan fingerprint density at radius 1 is 1.08 bits per heavy atom. The van der Waals surface area contributed by atoms with Crippen LogP contribution in [0.15, 0.2) is 23.7 Å². The van der Waals surface area contributed by atoms with Crippen molar-refractivity contribution in [3.63, 3.8) is 0 Å². The Bertz CT molecular complexity index is 758. The highest BCUT2D eigenvalue weighted by Crippen LogP contribution is 2.52. The van der Waals surface area contributed by atoms with Crippen LogP contribution in [0.4, 0.5) is 10.9 Å². The number of ether oxygens (including phenoxy) is 3. The van der Waals surface area contributed by atoms with Crippen molar-refractivity contribution in [1.82, 2.24) is 10.3 Å². The number of benzene rings is 1. The van der Waals surface area contributed by atoms with Crippen LogP contribution in [-0.4, -0.2) is 26.3 Å². The SMILES string of the molecule is COc1cc(C2(c3sc(N)nc3N)NC=CS2)cc(OC)c1OC. The quantitative estimate of drug-likeness (QED) is 0.741. The van der Waals surface area contributed by atoms with Crippen molar-refractivity contribution in [1.29, 1.82) is 0 Å². The summed E-state index contributed by atoms with van der Waals surface area (Å²) in [5.74, 6) is 2.06. The maximum atomic E-state index is 6.09. The van der Waals surface area contributed by atoms with Gasteiger partial charge >= 0.3 is 0 Å². The second kappa shape index (κ2) is 6.33. The van der Waals surface area contributed by atoms with Gasteiger partial charge in [0.25, 0.3) is 0 Å². The van der Waals surface area contributed by atoms with Gasteiger partial charge in [0.2, 0.25) is 5.75 Å². The number of rotatable bonds is 5. The minimum Gasteiger partial charge on any atom is -0.493 e. The largest absolute Gasteiger partial charge is 0.493 e. The zero-order chi connectivity index (χ0) is 17.3. The standard InChI is InChI=1S/C15H18N4O3S2/c1-20-9-6-8(7-10(21-2)11(9)22-3)15(18-4-5-23-15)12-13(16)19-14(17)24-12/h4-7,18H,16H2,1-3H3,(H2,17,19). The zero-order valence-corrected chi connectivity index (χ0v) is 15.1. The molecule has 1 unspecified atom stereocenters. The third-order valence-corrected chi connectivity index (χ3v) is 5.99. The Kier molecular flexibility index (Phi) is 4.37. The molecule has 9 heteroatoms. The van der Waals surface area contributed by atoms with Crippen molar-refractivity contribution in [3.8, 4) is 17.2 Å². The number of nitrogens with one attached hydrogen (secondary N) is 1. The van der Waals surface area contributed by atoms with Crippen molar-refractivity contribution in [2.75, 3.05) is 32.8 Å². The second-order valence-electron chi connectivity index (χ2n) is 4.93. The molecular formula is C15H18N4O3S2. The highest BCUT2D eigenvalue weighted by molar-refractivity contribution is 8.03. The Labute approximate surface area is 148 Å². The minimum absolute atomic E-state index is 0.398. The average molecular weight is 366 g/mol. The van der Waals surface area contributed by atoms with E-state index in [4.69, 9.17) is 25.7 Å². The molecule has 0 saturated heterocycles. The molecule has 2 aromatic rings. The van der Waals surface area contributed by atoms with Gasteiger partial charge in [-0.15, -0.1) is 0 Å². The monoisotopic (exact) mass is 366 g/mol. The van der Waals surface area contributed by atoms with Gasteiger partial charge in [0.05, 0.1) is 26.2 Å². The van der Waals surface area contributed by atoms with E-state index in [0.29, 0.717) is 28.2 Å². The third-order valence-electron chi connectivity index (χ3n) is 3.66. The Morgan fingerprint density at radius 3 is 2.17 bits per heavy atom. The number of nitrogens with zero attached hydrogens (tertiary/aromatic N) is 1. The van der Waals surface area contributed by atoms with E-state index in [9.17, 15) is 0 Å². The van der Waals surface area contributed by atoms with Crippen LogP contribution in [-0.2, 0) is 4.87 Å². The first kappa shape index (κ1) is 16.6. The fourth-order valence-corrected chi connectivity index (χ4v) is 4.64. The van der Waals surface area contributed by atoms with Crippen LogP contribution in [0.5, 0.6) is 17.2 Å². The molecule has 1 aliphatic heterocycles. The Morgan fingerprint density at radius 2 is 1.75 bits per heavy atom. The number of hydrogen-bond donors (Lipinski definition) is 3. The molecule has 0 saturated carbocycles. The molecule has 1 aromatic heterocycles. The lowest BCUT2D eigenvalue weighted by molar-refractivity contribution is 0.323. The van der Waals surface area contributed by atoms with Crippen LogP contribution < -0.4 is 31.0 Å². The lowest BCUT2D eigenvalue weighted by atomic mass is 10.0. The molecule has 3 rings (SSSR count). The molecule has 2 heterocycles. The molecule has 0 aliphatic carbocycles. The van der Waals surface area contributed by atoms with Crippen molar-refractivity contribution in [2.45, 2.75) is 4.87 Å².